The van der Waals surface area contributed by atoms with Crippen LogP contribution in [-0.2, 0) is 0 Å². The van der Waals surface area contributed by atoms with Gasteiger partial charge < -0.3 is 10.5 Å². The molecule has 3 nitrogen and oxygen atoms in total. The van der Waals surface area contributed by atoms with Crippen molar-refractivity contribution in [2.45, 2.75) is 25.4 Å². The van der Waals surface area contributed by atoms with Crippen molar-refractivity contribution in [3.8, 4) is 5.75 Å². The van der Waals surface area contributed by atoms with Gasteiger partial charge >= 0.3 is 0 Å². The first-order valence-electron chi connectivity index (χ1n) is 6.79. The van der Waals surface area contributed by atoms with Crippen LogP contribution in [0.2, 0.25) is 0 Å². The van der Waals surface area contributed by atoms with Crippen molar-refractivity contribution in [3.63, 3.8) is 0 Å². The Labute approximate surface area is 135 Å². The summed E-state index contributed by atoms with van der Waals surface area (Å²) in [7, 11) is 3.84. The lowest BCUT2D eigenvalue weighted by Gasteiger charge is -2.33. The van der Waals surface area contributed by atoms with E-state index in [1.54, 1.807) is 7.11 Å². The largest absolute Gasteiger partial charge is 0.497 e. The molecule has 0 aliphatic heterocycles. The molecule has 0 heterocycles. The monoisotopic (exact) mass is 360 g/mol. The zero-order valence-electron chi connectivity index (χ0n) is 12.7. The summed E-state index contributed by atoms with van der Waals surface area (Å²) in [6.45, 7) is 2.85. The molecule has 0 amide bonds. The first-order valence-corrected chi connectivity index (χ1v) is 8.98. The summed E-state index contributed by atoms with van der Waals surface area (Å²) in [6.07, 6.45) is 3.31. The maximum absolute atomic E-state index is 6.02. The van der Waals surface area contributed by atoms with Crippen LogP contribution in [0.15, 0.2) is 22.7 Å². The molecule has 0 fully saturated rings. The molecule has 1 rings (SSSR count). The highest BCUT2D eigenvalue weighted by Gasteiger charge is 2.22. The molecule has 0 saturated carbocycles. The minimum atomic E-state index is 0.191. The number of nitrogens with zero attached hydrogens (tertiary/aromatic N) is 1. The fourth-order valence-electron chi connectivity index (χ4n) is 2.22. The molecule has 5 heteroatoms. The van der Waals surface area contributed by atoms with Gasteiger partial charge in [-0.25, -0.2) is 0 Å². The average Bonchev–Trinajstić information content (AvgIpc) is 2.47. The SMILES string of the molecule is COc1ccc(Br)c(C(CN)N(C)C(C)CCSC)c1. The molecule has 0 aliphatic rings. The molecular formula is C15H25BrN2OS. The van der Waals surface area contributed by atoms with Gasteiger partial charge in [0.05, 0.1) is 7.11 Å². The summed E-state index contributed by atoms with van der Waals surface area (Å²) in [5, 5.41) is 0. The quantitative estimate of drug-likeness (QED) is 0.769. The van der Waals surface area contributed by atoms with Crippen molar-refractivity contribution >= 4 is 27.7 Å². The fraction of sp³-hybridized carbons (Fsp3) is 0.600. The molecular weight excluding hydrogens is 336 g/mol. The predicted molar refractivity (Wildman–Crippen MR) is 92.7 cm³/mol. The Bertz CT molecular complexity index is 417. The molecule has 2 atom stereocenters. The second kappa shape index (κ2) is 8.93. The van der Waals surface area contributed by atoms with Crippen LogP contribution >= 0.6 is 27.7 Å². The van der Waals surface area contributed by atoms with E-state index in [0.717, 1.165) is 16.6 Å². The standard InChI is InChI=1S/C15H25BrN2OS/c1-11(7-8-20-4)18(2)15(10-17)13-9-12(19-3)5-6-14(13)16/h5-6,9,11,15H,7-8,10,17H2,1-4H3. The van der Waals surface area contributed by atoms with Gasteiger partial charge in [0.15, 0.2) is 0 Å². The minimum absolute atomic E-state index is 0.191. The number of hydrogen-bond donors (Lipinski definition) is 1. The Kier molecular flexibility index (Phi) is 7.95. The number of rotatable bonds is 8. The van der Waals surface area contributed by atoms with E-state index in [1.807, 2.05) is 23.9 Å². The van der Waals surface area contributed by atoms with Crippen LogP contribution in [0.1, 0.15) is 24.9 Å². The van der Waals surface area contributed by atoms with Crippen molar-refractivity contribution in [3.05, 3.63) is 28.2 Å². The third-order valence-electron chi connectivity index (χ3n) is 3.71. The lowest BCUT2D eigenvalue weighted by Crippen LogP contribution is -2.37. The molecule has 1 aromatic rings. The summed E-state index contributed by atoms with van der Waals surface area (Å²) >= 11 is 5.51. The van der Waals surface area contributed by atoms with Crippen molar-refractivity contribution in [1.82, 2.24) is 4.90 Å². The molecule has 114 valence electrons. The van der Waals surface area contributed by atoms with E-state index < -0.39 is 0 Å². The second-order valence-corrected chi connectivity index (χ2v) is 6.77. The molecule has 20 heavy (non-hydrogen) atoms. The summed E-state index contributed by atoms with van der Waals surface area (Å²) in [4.78, 5) is 2.36. The van der Waals surface area contributed by atoms with Crippen molar-refractivity contribution in [2.24, 2.45) is 5.73 Å². The van der Waals surface area contributed by atoms with Crippen molar-refractivity contribution < 1.29 is 4.74 Å². The fourth-order valence-corrected chi connectivity index (χ4v) is 3.30. The van der Waals surface area contributed by atoms with E-state index in [2.05, 4.69) is 47.1 Å². The Morgan fingerprint density at radius 1 is 1.45 bits per heavy atom. The zero-order valence-corrected chi connectivity index (χ0v) is 15.1. The van der Waals surface area contributed by atoms with Crippen molar-refractivity contribution in [1.29, 1.82) is 0 Å². The first kappa shape index (κ1) is 17.8. The Morgan fingerprint density at radius 3 is 2.70 bits per heavy atom. The van der Waals surface area contributed by atoms with Gasteiger partial charge in [-0.15, -0.1) is 0 Å². The van der Waals surface area contributed by atoms with Gasteiger partial charge in [-0.3, -0.25) is 4.90 Å². The number of hydrogen-bond acceptors (Lipinski definition) is 4. The van der Waals surface area contributed by atoms with E-state index in [0.29, 0.717) is 12.6 Å². The molecule has 0 aromatic heterocycles. The predicted octanol–water partition coefficient (Wildman–Crippen LogP) is 3.53. The molecule has 0 radical (unpaired) electrons. The number of methoxy groups -OCH3 is 1. The van der Waals surface area contributed by atoms with E-state index in [9.17, 15) is 0 Å². The molecule has 0 saturated heterocycles. The second-order valence-electron chi connectivity index (χ2n) is 4.93. The molecule has 0 spiro atoms. The normalized spacial score (nSPS) is 14.3. The van der Waals surface area contributed by atoms with Crippen LogP contribution in [-0.4, -0.2) is 43.7 Å². The summed E-state index contributed by atoms with van der Waals surface area (Å²) in [5.41, 5.74) is 7.21. The van der Waals surface area contributed by atoms with Crippen LogP contribution in [0.25, 0.3) is 0 Å². The topological polar surface area (TPSA) is 38.5 Å². The zero-order chi connectivity index (χ0) is 15.1. The minimum Gasteiger partial charge on any atom is -0.497 e. The van der Waals surface area contributed by atoms with Gasteiger partial charge in [0.2, 0.25) is 0 Å². The van der Waals surface area contributed by atoms with Crippen LogP contribution in [0.5, 0.6) is 5.75 Å². The van der Waals surface area contributed by atoms with E-state index in [1.165, 1.54) is 11.3 Å². The number of thioether (sulfide) groups is 1. The maximum Gasteiger partial charge on any atom is 0.119 e. The number of halogens is 1. The van der Waals surface area contributed by atoms with E-state index in [-0.39, 0.29) is 6.04 Å². The molecule has 2 N–H and O–H groups in total. The average molecular weight is 361 g/mol. The summed E-state index contributed by atoms with van der Waals surface area (Å²) in [6, 6.07) is 6.74. The van der Waals surface area contributed by atoms with Crippen LogP contribution in [0.3, 0.4) is 0 Å². The van der Waals surface area contributed by atoms with Gasteiger partial charge in [0, 0.05) is 23.1 Å². The van der Waals surface area contributed by atoms with Crippen LogP contribution < -0.4 is 10.5 Å². The van der Waals surface area contributed by atoms with Gasteiger partial charge in [0.25, 0.3) is 0 Å². The highest BCUT2D eigenvalue weighted by molar-refractivity contribution is 9.10. The summed E-state index contributed by atoms with van der Waals surface area (Å²) in [5.74, 6) is 2.04. The number of nitrogens with two attached hydrogens (primary N) is 1. The third-order valence-corrected chi connectivity index (χ3v) is 5.08. The number of benzene rings is 1. The highest BCUT2D eigenvalue weighted by Crippen LogP contribution is 2.31. The molecule has 2 unspecified atom stereocenters. The van der Waals surface area contributed by atoms with E-state index in [4.69, 9.17) is 10.5 Å². The smallest absolute Gasteiger partial charge is 0.119 e. The van der Waals surface area contributed by atoms with Gasteiger partial charge in [-0.05, 0) is 56.2 Å². The van der Waals surface area contributed by atoms with Crippen molar-refractivity contribution in [2.75, 3.05) is 32.7 Å². The number of ether oxygens (including phenoxy) is 1. The molecule has 0 aliphatic carbocycles. The summed E-state index contributed by atoms with van der Waals surface area (Å²) < 4.78 is 6.41. The Balaban J connectivity index is 2.94. The molecule has 1 aromatic carbocycles. The Hall–Kier alpha value is -0.230. The van der Waals surface area contributed by atoms with Gasteiger partial charge in [-0.1, -0.05) is 15.9 Å². The first-order chi connectivity index (χ1) is 9.54. The third kappa shape index (κ3) is 4.65. The van der Waals surface area contributed by atoms with Crippen LogP contribution in [0.4, 0.5) is 0 Å². The maximum atomic E-state index is 6.02. The lowest BCUT2D eigenvalue weighted by molar-refractivity contribution is 0.185. The van der Waals surface area contributed by atoms with E-state index >= 15 is 0 Å². The lowest BCUT2D eigenvalue weighted by atomic mass is 10.0. The number of likely N-dealkylation sites (N-methyl/N-ethyl adjacent to an activating group) is 1. The van der Waals surface area contributed by atoms with Crippen LogP contribution in [0, 0.1) is 0 Å². The van der Waals surface area contributed by atoms with Gasteiger partial charge in [0.1, 0.15) is 5.75 Å². The highest BCUT2D eigenvalue weighted by atomic mass is 79.9. The van der Waals surface area contributed by atoms with Gasteiger partial charge in [-0.2, -0.15) is 11.8 Å². The Morgan fingerprint density at radius 2 is 2.15 bits per heavy atom. The molecule has 0 bridgehead atoms.